The summed E-state index contributed by atoms with van der Waals surface area (Å²) in [6.45, 7) is -0.320. The van der Waals surface area contributed by atoms with Gasteiger partial charge in [-0.05, 0) is 19.3 Å². The smallest absolute Gasteiger partial charge is 0.427 e. The molecule has 0 saturated carbocycles. The third kappa shape index (κ3) is 3.78. The Morgan fingerprint density at radius 1 is 1.48 bits per heavy atom. The van der Waals surface area contributed by atoms with Crippen LogP contribution in [0.3, 0.4) is 0 Å². The van der Waals surface area contributed by atoms with Crippen LogP contribution in [0.1, 0.15) is 19.3 Å². The molecule has 1 amide bonds. The van der Waals surface area contributed by atoms with E-state index < -0.39 is 25.0 Å². The molecule has 1 unspecified atom stereocenters. The maximum Gasteiger partial charge on any atom is 0.427 e. The number of nitrogens with zero attached hydrogens (tertiary/aromatic N) is 1. The van der Waals surface area contributed by atoms with E-state index in [1.165, 1.54) is 4.90 Å². The SMILES string of the molecule is NC1COC2(CCN(C(=O)O[C@H](CO)C(F)(F)F)CC2)C1. The molecule has 0 aromatic carbocycles. The molecule has 1 spiro atoms. The Hall–Kier alpha value is -1.06. The number of carbonyl (C=O) groups excluding carboxylic acids is 1. The number of nitrogens with two attached hydrogens (primary N) is 1. The van der Waals surface area contributed by atoms with Crippen molar-refractivity contribution in [3.05, 3.63) is 0 Å². The number of hydrogen-bond acceptors (Lipinski definition) is 5. The fourth-order valence-corrected chi connectivity index (χ4v) is 2.73. The van der Waals surface area contributed by atoms with E-state index >= 15 is 0 Å². The van der Waals surface area contributed by atoms with E-state index in [-0.39, 0.29) is 24.7 Å². The molecule has 3 N–H and O–H groups in total. The highest BCUT2D eigenvalue weighted by Crippen LogP contribution is 2.35. The van der Waals surface area contributed by atoms with Gasteiger partial charge in [0.05, 0.1) is 18.8 Å². The molecule has 0 aromatic rings. The number of ether oxygens (including phenoxy) is 2. The van der Waals surface area contributed by atoms with E-state index in [2.05, 4.69) is 4.74 Å². The average molecular weight is 312 g/mol. The summed E-state index contributed by atoms with van der Waals surface area (Å²) in [4.78, 5) is 12.9. The van der Waals surface area contributed by atoms with Gasteiger partial charge >= 0.3 is 12.3 Å². The zero-order valence-electron chi connectivity index (χ0n) is 11.4. The molecule has 2 aliphatic rings. The zero-order valence-corrected chi connectivity index (χ0v) is 11.4. The molecule has 0 aromatic heterocycles. The van der Waals surface area contributed by atoms with Gasteiger partial charge in [-0.3, -0.25) is 0 Å². The molecule has 21 heavy (non-hydrogen) atoms. The summed E-state index contributed by atoms with van der Waals surface area (Å²) >= 11 is 0. The summed E-state index contributed by atoms with van der Waals surface area (Å²) in [5.41, 5.74) is 5.42. The molecular formula is C12H19F3N2O4. The first-order chi connectivity index (χ1) is 9.76. The van der Waals surface area contributed by atoms with E-state index in [1.54, 1.807) is 0 Å². The number of aliphatic hydroxyl groups is 1. The molecule has 2 saturated heterocycles. The number of likely N-dealkylation sites (tertiary alicyclic amines) is 1. The van der Waals surface area contributed by atoms with Crippen LogP contribution in [-0.4, -0.2) is 66.3 Å². The summed E-state index contributed by atoms with van der Waals surface area (Å²) in [6, 6.07) is -0.0347. The number of rotatable bonds is 2. The summed E-state index contributed by atoms with van der Waals surface area (Å²) in [7, 11) is 0. The van der Waals surface area contributed by atoms with Crippen LogP contribution in [0, 0.1) is 0 Å². The molecule has 2 fully saturated rings. The number of halogens is 3. The standard InChI is InChI=1S/C12H19F3N2O4/c13-12(14,15)9(6-18)21-10(19)17-3-1-11(2-4-17)5-8(16)7-20-11/h8-9,18H,1-7,16H2/t8?,9-/m1/s1. The van der Waals surface area contributed by atoms with E-state index in [4.69, 9.17) is 15.6 Å². The lowest BCUT2D eigenvalue weighted by molar-refractivity contribution is -0.215. The second-order valence-electron chi connectivity index (χ2n) is 5.54. The van der Waals surface area contributed by atoms with Gasteiger partial charge in [0, 0.05) is 19.1 Å². The lowest BCUT2D eigenvalue weighted by Crippen LogP contribution is -2.49. The minimum Gasteiger partial charge on any atom is -0.434 e. The first-order valence-corrected chi connectivity index (χ1v) is 6.78. The minimum absolute atomic E-state index is 0.0347. The van der Waals surface area contributed by atoms with Gasteiger partial charge in [-0.2, -0.15) is 13.2 Å². The Labute approximate surface area is 120 Å². The largest absolute Gasteiger partial charge is 0.434 e. The molecular weight excluding hydrogens is 293 g/mol. The summed E-state index contributed by atoms with van der Waals surface area (Å²) < 4.78 is 47.3. The highest BCUT2D eigenvalue weighted by atomic mass is 19.4. The highest BCUT2D eigenvalue weighted by molar-refractivity contribution is 5.68. The zero-order chi connectivity index (χ0) is 15.7. The number of amides is 1. The van der Waals surface area contributed by atoms with Crippen LogP contribution in [0.2, 0.25) is 0 Å². The van der Waals surface area contributed by atoms with Crippen LogP contribution >= 0.6 is 0 Å². The Balaban J connectivity index is 1.86. The summed E-state index contributed by atoms with van der Waals surface area (Å²) in [5, 5.41) is 8.66. The molecule has 9 heteroatoms. The van der Waals surface area contributed by atoms with Crippen molar-refractivity contribution in [1.82, 2.24) is 4.90 Å². The first-order valence-electron chi connectivity index (χ1n) is 6.78. The van der Waals surface area contributed by atoms with Crippen molar-refractivity contribution >= 4 is 6.09 Å². The van der Waals surface area contributed by atoms with Crippen molar-refractivity contribution < 1.29 is 32.5 Å². The maximum absolute atomic E-state index is 12.4. The molecule has 2 rings (SSSR count). The Bertz CT molecular complexity index is 383. The fraction of sp³-hybridized carbons (Fsp3) is 0.917. The highest BCUT2D eigenvalue weighted by Gasteiger charge is 2.45. The van der Waals surface area contributed by atoms with Crippen LogP contribution in [0.4, 0.5) is 18.0 Å². The monoisotopic (exact) mass is 312 g/mol. The Morgan fingerprint density at radius 3 is 2.52 bits per heavy atom. The molecule has 2 heterocycles. The summed E-state index contributed by atoms with van der Waals surface area (Å²) in [6.07, 6.45) is -6.60. The lowest BCUT2D eigenvalue weighted by Gasteiger charge is -2.38. The number of hydrogen-bond donors (Lipinski definition) is 2. The lowest BCUT2D eigenvalue weighted by atomic mass is 9.88. The number of carbonyl (C=O) groups is 1. The Kier molecular flexibility index (Phi) is 4.64. The quantitative estimate of drug-likeness (QED) is 0.781. The predicted octanol–water partition coefficient (Wildman–Crippen LogP) is 0.628. The normalized spacial score (nSPS) is 26.9. The van der Waals surface area contributed by atoms with E-state index in [1.807, 2.05) is 0 Å². The number of piperidine rings is 1. The second-order valence-corrected chi connectivity index (χ2v) is 5.54. The second kappa shape index (κ2) is 5.98. The van der Waals surface area contributed by atoms with Crippen LogP contribution in [0.5, 0.6) is 0 Å². The van der Waals surface area contributed by atoms with Gasteiger partial charge in [-0.25, -0.2) is 4.79 Å². The topological polar surface area (TPSA) is 85.0 Å². The maximum atomic E-state index is 12.4. The molecule has 6 nitrogen and oxygen atoms in total. The van der Waals surface area contributed by atoms with Crippen LogP contribution < -0.4 is 5.73 Å². The van der Waals surface area contributed by atoms with Gasteiger partial charge in [-0.1, -0.05) is 0 Å². The number of aliphatic hydroxyl groups excluding tert-OH is 1. The summed E-state index contributed by atoms with van der Waals surface area (Å²) in [5.74, 6) is 0. The van der Waals surface area contributed by atoms with Gasteiger partial charge in [0.25, 0.3) is 0 Å². The Morgan fingerprint density at radius 2 is 2.10 bits per heavy atom. The average Bonchev–Trinajstić information content (AvgIpc) is 2.76. The van der Waals surface area contributed by atoms with E-state index in [0.29, 0.717) is 25.9 Å². The van der Waals surface area contributed by atoms with Crippen LogP contribution in [-0.2, 0) is 9.47 Å². The fourth-order valence-electron chi connectivity index (χ4n) is 2.73. The van der Waals surface area contributed by atoms with Crippen LogP contribution in [0.25, 0.3) is 0 Å². The molecule has 0 aliphatic carbocycles. The van der Waals surface area contributed by atoms with Crippen molar-refractivity contribution in [2.45, 2.75) is 43.2 Å². The van der Waals surface area contributed by atoms with Gasteiger partial charge in [0.1, 0.15) is 0 Å². The first kappa shape index (κ1) is 16.3. The molecule has 2 aliphatic heterocycles. The van der Waals surface area contributed by atoms with Crippen molar-refractivity contribution in [3.63, 3.8) is 0 Å². The third-order valence-electron chi connectivity index (χ3n) is 3.94. The minimum atomic E-state index is -4.78. The van der Waals surface area contributed by atoms with Crippen molar-refractivity contribution in [3.8, 4) is 0 Å². The van der Waals surface area contributed by atoms with Crippen molar-refractivity contribution in [2.75, 3.05) is 26.3 Å². The number of alkyl halides is 3. The van der Waals surface area contributed by atoms with E-state index in [0.717, 1.165) is 0 Å². The van der Waals surface area contributed by atoms with Gasteiger partial charge in [-0.15, -0.1) is 0 Å². The van der Waals surface area contributed by atoms with Gasteiger partial charge in [0.15, 0.2) is 0 Å². The molecule has 0 radical (unpaired) electrons. The predicted molar refractivity (Wildman–Crippen MR) is 65.5 cm³/mol. The third-order valence-corrected chi connectivity index (χ3v) is 3.94. The van der Waals surface area contributed by atoms with Crippen molar-refractivity contribution in [1.29, 1.82) is 0 Å². The van der Waals surface area contributed by atoms with Gasteiger partial charge in [0.2, 0.25) is 6.10 Å². The van der Waals surface area contributed by atoms with Gasteiger partial charge < -0.3 is 25.2 Å². The molecule has 0 bridgehead atoms. The van der Waals surface area contributed by atoms with Crippen molar-refractivity contribution in [2.24, 2.45) is 5.73 Å². The molecule has 122 valence electrons. The molecule has 2 atom stereocenters. The van der Waals surface area contributed by atoms with Crippen LogP contribution in [0.15, 0.2) is 0 Å². The van der Waals surface area contributed by atoms with E-state index in [9.17, 15) is 18.0 Å².